The first-order chi connectivity index (χ1) is 9.79. The second-order valence-corrected chi connectivity index (χ2v) is 4.84. The number of nitrogens with zero attached hydrogens (tertiary/aromatic N) is 1. The lowest BCUT2D eigenvalue weighted by molar-refractivity contribution is -0.144. The van der Waals surface area contributed by atoms with Crippen LogP contribution in [-0.2, 0) is 12.7 Å². The van der Waals surface area contributed by atoms with Gasteiger partial charge in [0.2, 0.25) is 5.82 Å². The molecule has 0 aromatic carbocycles. The lowest BCUT2D eigenvalue weighted by atomic mass is 10.1. The van der Waals surface area contributed by atoms with E-state index >= 15 is 0 Å². The summed E-state index contributed by atoms with van der Waals surface area (Å²) in [5.41, 5.74) is -4.68. The van der Waals surface area contributed by atoms with Crippen LogP contribution in [0.2, 0.25) is 0 Å². The minimum absolute atomic E-state index is 0.0879. The molecule has 8 heteroatoms. The molecule has 4 nitrogen and oxygen atoms in total. The first-order valence-electron chi connectivity index (χ1n) is 6.88. The first-order valence-corrected chi connectivity index (χ1v) is 6.88. The van der Waals surface area contributed by atoms with E-state index in [4.69, 9.17) is 0 Å². The van der Waals surface area contributed by atoms with E-state index in [0.717, 1.165) is 32.1 Å². The Labute approximate surface area is 118 Å². The average Bonchev–Trinajstić information content (AvgIpc) is 2.40. The molecule has 0 amide bonds. The fourth-order valence-corrected chi connectivity index (χ4v) is 2.00. The maximum absolute atomic E-state index is 13.4. The number of halogens is 4. The van der Waals surface area contributed by atoms with Crippen molar-refractivity contribution in [2.24, 2.45) is 0 Å². The maximum atomic E-state index is 13.4. The van der Waals surface area contributed by atoms with Crippen LogP contribution < -0.4 is 11.2 Å². The molecule has 120 valence electrons. The minimum Gasteiger partial charge on any atom is -0.300 e. The molecule has 0 fully saturated rings. The van der Waals surface area contributed by atoms with E-state index in [0.29, 0.717) is 11.0 Å². The third-order valence-electron chi connectivity index (χ3n) is 3.15. The van der Waals surface area contributed by atoms with Crippen LogP contribution in [0, 0.1) is 5.82 Å². The number of aromatic nitrogens is 2. The zero-order valence-electron chi connectivity index (χ0n) is 11.7. The summed E-state index contributed by atoms with van der Waals surface area (Å²) in [6, 6.07) is 0. The molecular formula is C13H18F4N2O2. The second-order valence-electron chi connectivity index (χ2n) is 4.84. The number of hydrogen-bond donors (Lipinski definition) is 1. The molecule has 0 aliphatic heterocycles. The van der Waals surface area contributed by atoms with Gasteiger partial charge in [0.25, 0.3) is 5.56 Å². The normalized spacial score (nSPS) is 11.9. The monoisotopic (exact) mass is 310 g/mol. The topological polar surface area (TPSA) is 54.9 Å². The Hall–Kier alpha value is -1.60. The Morgan fingerprint density at radius 1 is 1.05 bits per heavy atom. The van der Waals surface area contributed by atoms with Crippen molar-refractivity contribution in [1.29, 1.82) is 0 Å². The van der Waals surface area contributed by atoms with Crippen molar-refractivity contribution in [1.82, 2.24) is 9.55 Å². The summed E-state index contributed by atoms with van der Waals surface area (Å²) in [6.07, 6.45) is 0.152. The fraction of sp³-hybridized carbons (Fsp3) is 0.692. The Morgan fingerprint density at radius 3 is 2.19 bits per heavy atom. The lowest BCUT2D eigenvalue weighted by Crippen LogP contribution is -2.40. The van der Waals surface area contributed by atoms with Crippen LogP contribution in [0.15, 0.2) is 9.59 Å². The SMILES string of the molecule is CCCCCCCCn1c(=O)[nH]c(C(F)(F)F)c(F)c1=O. The zero-order chi connectivity index (χ0) is 16.0. The molecule has 0 atom stereocenters. The summed E-state index contributed by atoms with van der Waals surface area (Å²) in [7, 11) is 0. The summed E-state index contributed by atoms with van der Waals surface area (Å²) in [4.78, 5) is 24.4. The molecule has 0 aliphatic carbocycles. The third kappa shape index (κ3) is 4.71. The van der Waals surface area contributed by atoms with Crippen molar-refractivity contribution < 1.29 is 17.6 Å². The van der Waals surface area contributed by atoms with Crippen molar-refractivity contribution >= 4 is 0 Å². The van der Waals surface area contributed by atoms with E-state index in [1.54, 1.807) is 0 Å². The van der Waals surface area contributed by atoms with Gasteiger partial charge in [-0.3, -0.25) is 9.36 Å². The van der Waals surface area contributed by atoms with Gasteiger partial charge in [-0.05, 0) is 6.42 Å². The van der Waals surface area contributed by atoms with Gasteiger partial charge in [-0.2, -0.15) is 17.6 Å². The molecule has 1 heterocycles. The predicted octanol–water partition coefficient (Wildman–Crippen LogP) is 3.06. The van der Waals surface area contributed by atoms with E-state index in [9.17, 15) is 27.2 Å². The molecule has 0 aliphatic rings. The smallest absolute Gasteiger partial charge is 0.300 e. The van der Waals surface area contributed by atoms with Gasteiger partial charge in [-0.1, -0.05) is 39.0 Å². The molecule has 0 radical (unpaired) electrons. The predicted molar refractivity (Wildman–Crippen MR) is 69.7 cm³/mol. The van der Waals surface area contributed by atoms with Crippen LogP contribution in [0.1, 0.15) is 51.1 Å². The van der Waals surface area contributed by atoms with Gasteiger partial charge in [0.15, 0.2) is 5.69 Å². The highest BCUT2D eigenvalue weighted by atomic mass is 19.4. The van der Waals surface area contributed by atoms with Crippen molar-refractivity contribution in [2.45, 2.75) is 58.2 Å². The lowest BCUT2D eigenvalue weighted by Gasteiger charge is -2.10. The van der Waals surface area contributed by atoms with Crippen LogP contribution in [0.5, 0.6) is 0 Å². The van der Waals surface area contributed by atoms with Gasteiger partial charge in [0, 0.05) is 6.54 Å². The van der Waals surface area contributed by atoms with Crippen LogP contribution in [0.3, 0.4) is 0 Å². The molecule has 21 heavy (non-hydrogen) atoms. The van der Waals surface area contributed by atoms with Crippen molar-refractivity contribution in [3.05, 3.63) is 32.3 Å². The highest BCUT2D eigenvalue weighted by molar-refractivity contribution is 5.07. The number of nitrogens with one attached hydrogen (secondary N) is 1. The van der Waals surface area contributed by atoms with E-state index in [-0.39, 0.29) is 6.54 Å². The maximum Gasteiger partial charge on any atom is 0.434 e. The van der Waals surface area contributed by atoms with Gasteiger partial charge >= 0.3 is 11.9 Å². The van der Waals surface area contributed by atoms with E-state index in [2.05, 4.69) is 6.92 Å². The Kier molecular flexibility index (Phi) is 6.17. The molecule has 0 bridgehead atoms. The van der Waals surface area contributed by atoms with Crippen LogP contribution in [0.4, 0.5) is 17.6 Å². The van der Waals surface area contributed by atoms with Gasteiger partial charge in [-0.15, -0.1) is 0 Å². The molecule has 0 saturated carbocycles. The van der Waals surface area contributed by atoms with Gasteiger partial charge in [0.05, 0.1) is 0 Å². The van der Waals surface area contributed by atoms with Crippen LogP contribution in [-0.4, -0.2) is 9.55 Å². The van der Waals surface area contributed by atoms with E-state index in [1.807, 2.05) is 0 Å². The molecule has 1 aromatic heterocycles. The molecular weight excluding hydrogens is 292 g/mol. The number of H-pyrrole nitrogens is 1. The van der Waals surface area contributed by atoms with Crippen molar-refractivity contribution in [3.8, 4) is 0 Å². The summed E-state index contributed by atoms with van der Waals surface area (Å²) in [5.74, 6) is -1.96. The van der Waals surface area contributed by atoms with Gasteiger partial charge < -0.3 is 4.98 Å². The Bertz CT molecular complexity index is 575. The van der Waals surface area contributed by atoms with E-state index < -0.39 is 28.9 Å². The number of unbranched alkanes of at least 4 members (excludes halogenated alkanes) is 5. The second kappa shape index (κ2) is 7.42. The number of hydrogen-bond acceptors (Lipinski definition) is 2. The first kappa shape index (κ1) is 17.5. The highest BCUT2D eigenvalue weighted by Gasteiger charge is 2.37. The fourth-order valence-electron chi connectivity index (χ4n) is 2.00. The number of aromatic amines is 1. The number of rotatable bonds is 7. The van der Waals surface area contributed by atoms with Gasteiger partial charge in [-0.25, -0.2) is 4.79 Å². The molecule has 1 N–H and O–H groups in total. The summed E-state index contributed by atoms with van der Waals surface area (Å²) < 4.78 is 51.1. The molecule has 0 spiro atoms. The van der Waals surface area contributed by atoms with Crippen LogP contribution in [0.25, 0.3) is 0 Å². The Balaban J connectivity index is 2.79. The minimum atomic E-state index is -5.10. The molecule has 0 saturated heterocycles. The van der Waals surface area contributed by atoms with Crippen molar-refractivity contribution in [3.63, 3.8) is 0 Å². The van der Waals surface area contributed by atoms with Crippen molar-refractivity contribution in [2.75, 3.05) is 0 Å². The number of alkyl halides is 3. The average molecular weight is 310 g/mol. The van der Waals surface area contributed by atoms with Gasteiger partial charge in [0.1, 0.15) is 0 Å². The molecule has 1 rings (SSSR count). The molecule has 0 unspecified atom stereocenters. The van der Waals surface area contributed by atoms with Crippen LogP contribution >= 0.6 is 0 Å². The highest BCUT2D eigenvalue weighted by Crippen LogP contribution is 2.27. The zero-order valence-corrected chi connectivity index (χ0v) is 11.7. The standard InChI is InChI=1S/C13H18F4N2O2/c1-2-3-4-5-6-7-8-19-11(20)9(14)10(13(15,16)17)18-12(19)21/h2-8H2,1H3,(H,18,21). The van der Waals surface area contributed by atoms with E-state index in [1.165, 1.54) is 4.98 Å². The molecule has 1 aromatic rings. The summed E-state index contributed by atoms with van der Waals surface area (Å²) in [6.45, 7) is 1.97. The Morgan fingerprint density at radius 2 is 1.62 bits per heavy atom. The quantitative estimate of drug-likeness (QED) is 0.621. The largest absolute Gasteiger partial charge is 0.434 e. The summed E-state index contributed by atoms with van der Waals surface area (Å²) >= 11 is 0. The third-order valence-corrected chi connectivity index (χ3v) is 3.15. The summed E-state index contributed by atoms with van der Waals surface area (Å²) in [5, 5.41) is 0.